The van der Waals surface area contributed by atoms with Crippen molar-refractivity contribution < 1.29 is 0 Å². The maximum absolute atomic E-state index is 6.48. The predicted octanol–water partition coefficient (Wildman–Crippen LogP) is 4.74. The maximum Gasteiger partial charge on any atom is 0.0483 e. The highest BCUT2D eigenvalue weighted by Crippen LogP contribution is 2.39. The molecule has 0 aromatic heterocycles. The average molecular weight is 266 g/mol. The normalized spacial score (nSPS) is 26.0. The molecule has 0 radical (unpaired) electrons. The highest BCUT2D eigenvalue weighted by atomic mass is 35.5. The number of rotatable bonds is 3. The first-order chi connectivity index (χ1) is 8.63. The van der Waals surface area contributed by atoms with Crippen molar-refractivity contribution in [3.05, 3.63) is 34.3 Å². The smallest absolute Gasteiger partial charge is 0.0483 e. The predicted molar refractivity (Wildman–Crippen MR) is 79.1 cm³/mol. The van der Waals surface area contributed by atoms with Crippen LogP contribution >= 0.6 is 11.6 Å². The fourth-order valence-electron chi connectivity index (χ4n) is 3.34. The summed E-state index contributed by atoms with van der Waals surface area (Å²) in [4.78, 5) is 0. The van der Waals surface area contributed by atoms with E-state index in [1.54, 1.807) is 0 Å². The number of hydrogen-bond donors (Lipinski definition) is 1. The fraction of sp³-hybridized carbons (Fsp3) is 0.625. The summed E-state index contributed by atoms with van der Waals surface area (Å²) in [5, 5.41) is 4.43. The first-order valence-electron chi connectivity index (χ1n) is 7.05. The first kappa shape index (κ1) is 13.9. The van der Waals surface area contributed by atoms with Crippen molar-refractivity contribution in [2.45, 2.75) is 45.6 Å². The second-order valence-electron chi connectivity index (χ2n) is 5.78. The molecule has 1 N–H and O–H groups in total. The third-order valence-electron chi connectivity index (χ3n) is 4.32. The third kappa shape index (κ3) is 2.89. The Morgan fingerprint density at radius 2 is 2.11 bits per heavy atom. The molecule has 1 saturated carbocycles. The summed E-state index contributed by atoms with van der Waals surface area (Å²) in [6.45, 7) is 4.46. The van der Waals surface area contributed by atoms with Gasteiger partial charge in [0.05, 0.1) is 0 Å². The van der Waals surface area contributed by atoms with Crippen molar-refractivity contribution in [3.8, 4) is 0 Å². The van der Waals surface area contributed by atoms with Gasteiger partial charge in [0.1, 0.15) is 0 Å². The van der Waals surface area contributed by atoms with Crippen molar-refractivity contribution in [2.24, 2.45) is 11.8 Å². The maximum atomic E-state index is 6.48. The van der Waals surface area contributed by atoms with Gasteiger partial charge in [-0.3, -0.25) is 0 Å². The molecular formula is C16H24ClN. The molecule has 1 aromatic carbocycles. The molecule has 1 aliphatic rings. The van der Waals surface area contributed by atoms with Crippen molar-refractivity contribution in [3.63, 3.8) is 0 Å². The molecule has 100 valence electrons. The van der Waals surface area contributed by atoms with E-state index in [4.69, 9.17) is 11.6 Å². The van der Waals surface area contributed by atoms with E-state index in [-0.39, 0.29) is 0 Å². The van der Waals surface area contributed by atoms with Crippen LogP contribution in [0.4, 0.5) is 0 Å². The van der Waals surface area contributed by atoms with Crippen LogP contribution < -0.4 is 5.32 Å². The zero-order valence-electron chi connectivity index (χ0n) is 11.7. The minimum Gasteiger partial charge on any atom is -0.313 e. The van der Waals surface area contributed by atoms with E-state index < -0.39 is 0 Å². The number of halogens is 1. The summed E-state index contributed by atoms with van der Waals surface area (Å²) in [5.41, 5.74) is 2.46. The molecular weight excluding hydrogens is 242 g/mol. The lowest BCUT2D eigenvalue weighted by Crippen LogP contribution is -2.29. The van der Waals surface area contributed by atoms with Crippen LogP contribution in [0, 0.1) is 18.8 Å². The molecule has 1 aliphatic carbocycles. The largest absolute Gasteiger partial charge is 0.313 e. The lowest BCUT2D eigenvalue weighted by molar-refractivity contribution is 0.230. The molecule has 1 fully saturated rings. The van der Waals surface area contributed by atoms with Crippen molar-refractivity contribution in [1.29, 1.82) is 0 Å². The zero-order chi connectivity index (χ0) is 13.1. The van der Waals surface area contributed by atoms with Gasteiger partial charge in [-0.15, -0.1) is 0 Å². The van der Waals surface area contributed by atoms with Crippen molar-refractivity contribution in [2.75, 3.05) is 7.05 Å². The SMILES string of the molecule is CNC(c1cccc(C)c1Cl)C1CCCC(C)C1. The van der Waals surface area contributed by atoms with Gasteiger partial charge in [-0.05, 0) is 49.8 Å². The zero-order valence-corrected chi connectivity index (χ0v) is 12.4. The molecule has 0 bridgehead atoms. The Morgan fingerprint density at radius 3 is 2.78 bits per heavy atom. The lowest BCUT2D eigenvalue weighted by atomic mass is 9.76. The number of hydrogen-bond acceptors (Lipinski definition) is 1. The Labute approximate surface area is 116 Å². The minimum atomic E-state index is 0.403. The molecule has 0 aliphatic heterocycles. The van der Waals surface area contributed by atoms with E-state index in [1.165, 1.54) is 36.8 Å². The number of benzene rings is 1. The van der Waals surface area contributed by atoms with E-state index in [9.17, 15) is 0 Å². The van der Waals surface area contributed by atoms with Gasteiger partial charge in [0.25, 0.3) is 0 Å². The van der Waals surface area contributed by atoms with Gasteiger partial charge >= 0.3 is 0 Å². The van der Waals surface area contributed by atoms with Gasteiger partial charge in [0.2, 0.25) is 0 Å². The molecule has 3 atom stereocenters. The summed E-state index contributed by atoms with van der Waals surface area (Å²) in [6, 6.07) is 6.78. The van der Waals surface area contributed by atoms with E-state index in [0.717, 1.165) is 16.9 Å². The average Bonchev–Trinajstić information content (AvgIpc) is 2.35. The molecule has 0 heterocycles. The molecule has 2 heteroatoms. The Kier molecular flexibility index (Phi) is 4.69. The van der Waals surface area contributed by atoms with Crippen LogP contribution in [0.5, 0.6) is 0 Å². The number of aryl methyl sites for hydroxylation is 1. The third-order valence-corrected chi connectivity index (χ3v) is 4.83. The van der Waals surface area contributed by atoms with E-state index in [0.29, 0.717) is 6.04 Å². The molecule has 3 unspecified atom stereocenters. The van der Waals surface area contributed by atoms with Gasteiger partial charge in [-0.2, -0.15) is 0 Å². The van der Waals surface area contributed by atoms with Gasteiger partial charge in [0.15, 0.2) is 0 Å². The minimum absolute atomic E-state index is 0.403. The number of nitrogens with one attached hydrogen (secondary N) is 1. The molecule has 1 nitrogen and oxygen atoms in total. The molecule has 0 saturated heterocycles. The fourth-order valence-corrected chi connectivity index (χ4v) is 3.58. The molecule has 0 spiro atoms. The Morgan fingerprint density at radius 1 is 1.33 bits per heavy atom. The second-order valence-corrected chi connectivity index (χ2v) is 6.15. The molecule has 0 amide bonds. The molecule has 1 aromatic rings. The summed E-state index contributed by atoms with van der Waals surface area (Å²) in [5.74, 6) is 1.57. The molecule has 18 heavy (non-hydrogen) atoms. The van der Waals surface area contributed by atoms with Crippen LogP contribution in [0.3, 0.4) is 0 Å². The lowest BCUT2D eigenvalue weighted by Gasteiger charge is -2.34. The Bertz CT molecular complexity index is 402. The van der Waals surface area contributed by atoms with Crippen LogP contribution in [0.15, 0.2) is 18.2 Å². The van der Waals surface area contributed by atoms with E-state index in [2.05, 4.69) is 44.4 Å². The Hall–Kier alpha value is -0.530. The first-order valence-corrected chi connectivity index (χ1v) is 7.43. The van der Waals surface area contributed by atoms with Crippen molar-refractivity contribution in [1.82, 2.24) is 5.32 Å². The van der Waals surface area contributed by atoms with Crippen LogP contribution in [0.2, 0.25) is 5.02 Å². The van der Waals surface area contributed by atoms with E-state index >= 15 is 0 Å². The summed E-state index contributed by atoms with van der Waals surface area (Å²) < 4.78 is 0. The summed E-state index contributed by atoms with van der Waals surface area (Å²) in [7, 11) is 2.06. The molecule has 2 rings (SSSR count). The van der Waals surface area contributed by atoms with Gasteiger partial charge < -0.3 is 5.32 Å². The standard InChI is InChI=1S/C16H24ClN/c1-11-6-4-8-13(10-11)16(18-3)14-9-5-7-12(2)15(14)17/h5,7,9,11,13,16,18H,4,6,8,10H2,1-3H3. The highest BCUT2D eigenvalue weighted by molar-refractivity contribution is 6.32. The van der Waals surface area contributed by atoms with Gasteiger partial charge in [-0.1, -0.05) is 49.6 Å². The van der Waals surface area contributed by atoms with Crippen LogP contribution in [0.25, 0.3) is 0 Å². The Balaban J connectivity index is 2.24. The quantitative estimate of drug-likeness (QED) is 0.833. The van der Waals surface area contributed by atoms with Crippen molar-refractivity contribution >= 4 is 11.6 Å². The second kappa shape index (κ2) is 6.08. The topological polar surface area (TPSA) is 12.0 Å². The van der Waals surface area contributed by atoms with Gasteiger partial charge in [-0.25, -0.2) is 0 Å². The summed E-state index contributed by atoms with van der Waals surface area (Å²) in [6.07, 6.45) is 5.37. The van der Waals surface area contributed by atoms with E-state index in [1.807, 2.05) is 0 Å². The van der Waals surface area contributed by atoms with Crippen LogP contribution in [0.1, 0.15) is 49.8 Å². The van der Waals surface area contributed by atoms with Crippen LogP contribution in [-0.2, 0) is 0 Å². The monoisotopic (exact) mass is 265 g/mol. The van der Waals surface area contributed by atoms with Gasteiger partial charge in [0, 0.05) is 11.1 Å². The summed E-state index contributed by atoms with van der Waals surface area (Å²) >= 11 is 6.48. The highest BCUT2D eigenvalue weighted by Gasteiger charge is 2.28. The van der Waals surface area contributed by atoms with Crippen LogP contribution in [-0.4, -0.2) is 7.05 Å².